The van der Waals surface area contributed by atoms with Gasteiger partial charge in [-0.25, -0.2) is 0 Å². The van der Waals surface area contributed by atoms with Gasteiger partial charge in [0.15, 0.2) is 0 Å². The summed E-state index contributed by atoms with van der Waals surface area (Å²) in [6.45, 7) is 4.60. The van der Waals surface area contributed by atoms with Crippen LogP contribution in [0.4, 0.5) is 0 Å². The van der Waals surface area contributed by atoms with Crippen molar-refractivity contribution >= 4 is 11.8 Å². The average molecular weight is 333 g/mol. The first-order valence-corrected chi connectivity index (χ1v) is 9.75. The van der Waals surface area contributed by atoms with Crippen molar-refractivity contribution in [1.82, 2.24) is 5.32 Å². The van der Waals surface area contributed by atoms with Crippen LogP contribution < -0.4 is 5.32 Å². The molecule has 24 heavy (non-hydrogen) atoms. The van der Waals surface area contributed by atoms with Crippen LogP contribution in [0.25, 0.3) is 0 Å². The van der Waals surface area contributed by atoms with Crippen LogP contribution in [0.15, 0.2) is 0 Å². The number of amides is 2. The van der Waals surface area contributed by atoms with E-state index in [4.69, 9.17) is 4.74 Å². The zero-order valence-electron chi connectivity index (χ0n) is 15.3. The number of hydrogen-bond donors (Lipinski definition) is 1. The van der Waals surface area contributed by atoms with Crippen molar-refractivity contribution in [2.75, 3.05) is 7.11 Å². The highest BCUT2D eigenvalue weighted by molar-refractivity contribution is 6.01. The van der Waals surface area contributed by atoms with Gasteiger partial charge in [-0.05, 0) is 74.0 Å². The van der Waals surface area contributed by atoms with Crippen LogP contribution in [-0.2, 0) is 14.3 Å². The second-order valence-corrected chi connectivity index (χ2v) is 9.33. The van der Waals surface area contributed by atoms with Crippen molar-refractivity contribution in [3.63, 3.8) is 0 Å². The van der Waals surface area contributed by atoms with E-state index in [2.05, 4.69) is 19.2 Å². The minimum Gasteiger partial charge on any atom is -0.381 e. The molecule has 3 saturated carbocycles. The van der Waals surface area contributed by atoms with Gasteiger partial charge in [0, 0.05) is 13.5 Å². The molecule has 4 rings (SSSR count). The van der Waals surface area contributed by atoms with Crippen molar-refractivity contribution in [3.8, 4) is 0 Å². The van der Waals surface area contributed by atoms with Gasteiger partial charge in [-0.2, -0.15) is 0 Å². The van der Waals surface area contributed by atoms with E-state index in [9.17, 15) is 9.59 Å². The molecule has 4 fully saturated rings. The summed E-state index contributed by atoms with van der Waals surface area (Å²) in [5.74, 6) is 2.13. The first-order chi connectivity index (χ1) is 11.4. The Hall–Kier alpha value is -0.900. The fraction of sp³-hybridized carbons (Fsp3) is 0.900. The monoisotopic (exact) mass is 333 g/mol. The van der Waals surface area contributed by atoms with E-state index < -0.39 is 0 Å². The Morgan fingerprint density at radius 3 is 2.58 bits per heavy atom. The molecule has 4 heteroatoms. The zero-order chi connectivity index (χ0) is 17.1. The van der Waals surface area contributed by atoms with Crippen LogP contribution in [0.3, 0.4) is 0 Å². The van der Waals surface area contributed by atoms with Crippen LogP contribution in [-0.4, -0.2) is 25.0 Å². The average Bonchev–Trinajstić information content (AvgIpc) is 2.55. The SMILES string of the molecule is CO[C@@H]1CC[C@@]2(C)[C@@H](CC[C@H]3[C@H]2CC[C@]2(C)C(=O)NC(=O)C[C@H]32)C1. The van der Waals surface area contributed by atoms with Gasteiger partial charge in [-0.15, -0.1) is 0 Å². The summed E-state index contributed by atoms with van der Waals surface area (Å²) in [6.07, 6.45) is 9.06. The minimum absolute atomic E-state index is 0.0161. The lowest BCUT2D eigenvalue weighted by Crippen LogP contribution is -2.61. The Bertz CT molecular complexity index is 561. The van der Waals surface area contributed by atoms with Crippen molar-refractivity contribution in [3.05, 3.63) is 0 Å². The molecule has 0 aromatic heterocycles. The van der Waals surface area contributed by atoms with Crippen molar-refractivity contribution in [2.24, 2.45) is 34.5 Å². The molecule has 3 aliphatic carbocycles. The molecule has 134 valence electrons. The number of ether oxygens (including phenoxy) is 1. The maximum absolute atomic E-state index is 12.5. The molecule has 1 aliphatic heterocycles. The van der Waals surface area contributed by atoms with E-state index >= 15 is 0 Å². The maximum Gasteiger partial charge on any atom is 0.232 e. The lowest BCUT2D eigenvalue weighted by molar-refractivity contribution is -0.166. The van der Waals surface area contributed by atoms with Gasteiger partial charge in [-0.1, -0.05) is 13.8 Å². The van der Waals surface area contributed by atoms with E-state index in [1.807, 2.05) is 7.11 Å². The number of piperidine rings is 1. The predicted molar refractivity (Wildman–Crippen MR) is 91.1 cm³/mol. The third kappa shape index (κ3) is 2.21. The first-order valence-electron chi connectivity index (χ1n) is 9.75. The normalized spacial score (nSPS) is 51.2. The fourth-order valence-corrected chi connectivity index (χ4v) is 6.93. The second kappa shape index (κ2) is 5.55. The topological polar surface area (TPSA) is 55.4 Å². The van der Waals surface area contributed by atoms with Gasteiger partial charge < -0.3 is 4.74 Å². The van der Waals surface area contributed by atoms with E-state index in [0.717, 1.165) is 25.2 Å². The van der Waals surface area contributed by atoms with Crippen LogP contribution in [0, 0.1) is 34.5 Å². The van der Waals surface area contributed by atoms with Crippen LogP contribution >= 0.6 is 0 Å². The molecule has 4 aliphatic rings. The fourth-order valence-electron chi connectivity index (χ4n) is 6.93. The summed E-state index contributed by atoms with van der Waals surface area (Å²) >= 11 is 0. The number of methoxy groups -OCH3 is 1. The number of rotatable bonds is 1. The predicted octanol–water partition coefficient (Wildman–Crippen LogP) is 3.30. The molecule has 0 bridgehead atoms. The standard InChI is InChI=1S/C20H31NO3/c1-19-8-6-13(24-3)10-12(19)4-5-14-15(19)7-9-20(2)16(14)11-17(22)21-18(20)23/h12-16H,4-11H2,1-3H3,(H,21,22,23)/t12-,13+,14-,15+,16+,19-,20-/m0/s1. The Morgan fingerprint density at radius 1 is 1.04 bits per heavy atom. The molecule has 0 aromatic rings. The van der Waals surface area contributed by atoms with Gasteiger partial charge in [0.05, 0.1) is 11.5 Å². The summed E-state index contributed by atoms with van der Waals surface area (Å²) in [5, 5.41) is 2.60. The van der Waals surface area contributed by atoms with Crippen molar-refractivity contribution < 1.29 is 14.3 Å². The number of nitrogens with one attached hydrogen (secondary N) is 1. The summed E-state index contributed by atoms with van der Waals surface area (Å²) in [5.41, 5.74) is 0.0399. The second-order valence-electron chi connectivity index (χ2n) is 9.33. The van der Waals surface area contributed by atoms with Gasteiger partial charge in [0.2, 0.25) is 11.8 Å². The summed E-state index contributed by atoms with van der Waals surface area (Å²) in [6, 6.07) is 0. The molecular weight excluding hydrogens is 302 g/mol. The third-order valence-corrected chi connectivity index (χ3v) is 8.52. The van der Waals surface area contributed by atoms with Crippen LogP contribution in [0.5, 0.6) is 0 Å². The summed E-state index contributed by atoms with van der Waals surface area (Å²) in [4.78, 5) is 24.6. The Labute approximate surface area is 145 Å². The Kier molecular flexibility index (Phi) is 3.83. The molecule has 0 spiro atoms. The minimum atomic E-state index is -0.331. The van der Waals surface area contributed by atoms with E-state index in [0.29, 0.717) is 29.8 Å². The van der Waals surface area contributed by atoms with Gasteiger partial charge in [-0.3, -0.25) is 14.9 Å². The molecule has 2 amide bonds. The molecular formula is C20H31NO3. The lowest BCUT2D eigenvalue weighted by Gasteiger charge is -2.61. The largest absolute Gasteiger partial charge is 0.381 e. The molecule has 0 unspecified atom stereocenters. The molecule has 1 N–H and O–H groups in total. The number of carbonyl (C=O) groups is 2. The quantitative estimate of drug-likeness (QED) is 0.749. The molecule has 1 heterocycles. The third-order valence-electron chi connectivity index (χ3n) is 8.52. The molecule has 0 aromatic carbocycles. The summed E-state index contributed by atoms with van der Waals surface area (Å²) in [7, 11) is 1.84. The highest BCUT2D eigenvalue weighted by Crippen LogP contribution is 2.64. The van der Waals surface area contributed by atoms with Gasteiger partial charge >= 0.3 is 0 Å². The number of hydrogen-bond acceptors (Lipinski definition) is 3. The van der Waals surface area contributed by atoms with Crippen molar-refractivity contribution in [2.45, 2.75) is 71.3 Å². The van der Waals surface area contributed by atoms with E-state index in [1.54, 1.807) is 0 Å². The molecule has 0 radical (unpaired) electrons. The molecule has 4 nitrogen and oxygen atoms in total. The highest BCUT2D eigenvalue weighted by Gasteiger charge is 2.60. The number of fused-ring (bicyclic) bond motifs is 5. The first kappa shape index (κ1) is 16.6. The maximum atomic E-state index is 12.5. The smallest absolute Gasteiger partial charge is 0.232 e. The summed E-state index contributed by atoms with van der Waals surface area (Å²) < 4.78 is 5.65. The van der Waals surface area contributed by atoms with Crippen LogP contribution in [0.1, 0.15) is 65.2 Å². The molecule has 1 saturated heterocycles. The van der Waals surface area contributed by atoms with Gasteiger partial charge in [0.1, 0.15) is 0 Å². The highest BCUT2D eigenvalue weighted by atomic mass is 16.5. The molecule has 7 atom stereocenters. The van der Waals surface area contributed by atoms with E-state index in [-0.39, 0.29) is 23.1 Å². The number of carbonyl (C=O) groups excluding carboxylic acids is 2. The van der Waals surface area contributed by atoms with Gasteiger partial charge in [0.25, 0.3) is 0 Å². The Balaban J connectivity index is 1.62. The van der Waals surface area contributed by atoms with Crippen molar-refractivity contribution in [1.29, 1.82) is 0 Å². The number of imide groups is 1. The lowest BCUT2D eigenvalue weighted by atomic mass is 9.44. The van der Waals surface area contributed by atoms with E-state index in [1.165, 1.54) is 25.7 Å². The Morgan fingerprint density at radius 2 is 1.83 bits per heavy atom. The van der Waals surface area contributed by atoms with Crippen LogP contribution in [0.2, 0.25) is 0 Å². The zero-order valence-corrected chi connectivity index (χ0v) is 15.3.